The van der Waals surface area contributed by atoms with Crippen LogP contribution in [0.15, 0.2) is 24.4 Å². The first-order valence-corrected chi connectivity index (χ1v) is 8.96. The monoisotopic (exact) mass is 365 g/mol. The number of imidazole rings is 1. The Labute approximate surface area is 156 Å². The molecule has 1 aliphatic carbocycles. The van der Waals surface area contributed by atoms with E-state index < -0.39 is 11.5 Å². The minimum Gasteiger partial charge on any atom is -0.491 e. The molecule has 2 aliphatic heterocycles. The molecule has 3 unspecified atom stereocenters. The Kier molecular flexibility index (Phi) is 3.24. The molecule has 7 nitrogen and oxygen atoms in total. The van der Waals surface area contributed by atoms with Gasteiger partial charge in [0, 0.05) is 11.8 Å². The molecule has 0 spiro atoms. The lowest BCUT2D eigenvalue weighted by Gasteiger charge is -2.14. The largest absolute Gasteiger partial charge is 0.491 e. The number of aliphatic hydroxyl groups is 1. The number of ether oxygens (including phenoxy) is 2. The predicted octanol–water partition coefficient (Wildman–Crippen LogP) is 1.08. The van der Waals surface area contributed by atoms with E-state index in [-0.39, 0.29) is 17.4 Å². The van der Waals surface area contributed by atoms with Crippen molar-refractivity contribution >= 4 is 5.91 Å². The van der Waals surface area contributed by atoms with Crippen molar-refractivity contribution in [2.45, 2.75) is 43.6 Å². The first kappa shape index (κ1) is 16.4. The molecule has 0 radical (unpaired) electrons. The zero-order valence-electron chi connectivity index (χ0n) is 14.9. The van der Waals surface area contributed by atoms with Crippen LogP contribution >= 0.6 is 0 Å². The molecule has 3 atom stereocenters. The van der Waals surface area contributed by atoms with Crippen molar-refractivity contribution in [3.05, 3.63) is 35.7 Å². The van der Waals surface area contributed by atoms with Gasteiger partial charge in [-0.25, -0.2) is 4.98 Å². The first-order chi connectivity index (χ1) is 12.9. The van der Waals surface area contributed by atoms with Crippen molar-refractivity contribution in [3.8, 4) is 29.0 Å². The number of nitrogens with two attached hydrogens (primary N) is 1. The van der Waals surface area contributed by atoms with Gasteiger partial charge in [-0.05, 0) is 38.0 Å². The third-order valence-electron chi connectivity index (χ3n) is 5.58. The van der Waals surface area contributed by atoms with Gasteiger partial charge in [0.05, 0.1) is 17.7 Å². The van der Waals surface area contributed by atoms with Crippen LogP contribution in [0.2, 0.25) is 0 Å². The topological polar surface area (TPSA) is 103 Å². The van der Waals surface area contributed by atoms with Crippen LogP contribution in [0.1, 0.15) is 35.8 Å². The number of hydrogen-bond acceptors (Lipinski definition) is 5. The second-order valence-corrected chi connectivity index (χ2v) is 7.55. The molecule has 3 aliphatic rings. The Hall–Kier alpha value is -2.82. The summed E-state index contributed by atoms with van der Waals surface area (Å²) in [4.78, 5) is 15.8. The van der Waals surface area contributed by atoms with Crippen LogP contribution in [0.3, 0.4) is 0 Å². The van der Waals surface area contributed by atoms with Crippen LogP contribution in [-0.4, -0.2) is 44.5 Å². The molecule has 3 heterocycles. The molecular formula is C20H19N3O4. The van der Waals surface area contributed by atoms with Gasteiger partial charge < -0.3 is 24.9 Å². The molecule has 27 heavy (non-hydrogen) atoms. The molecule has 138 valence electrons. The van der Waals surface area contributed by atoms with Crippen LogP contribution in [0.25, 0.3) is 11.4 Å². The number of primary amides is 1. The fourth-order valence-corrected chi connectivity index (χ4v) is 3.99. The van der Waals surface area contributed by atoms with Crippen LogP contribution in [-0.2, 0) is 11.3 Å². The maximum absolute atomic E-state index is 11.5. The van der Waals surface area contributed by atoms with Crippen molar-refractivity contribution in [2.24, 2.45) is 5.73 Å². The van der Waals surface area contributed by atoms with E-state index in [1.165, 1.54) is 0 Å². The van der Waals surface area contributed by atoms with Gasteiger partial charge in [0.1, 0.15) is 30.0 Å². The Morgan fingerprint density at radius 2 is 2.30 bits per heavy atom. The smallest absolute Gasteiger partial charge is 0.268 e. The lowest BCUT2D eigenvalue weighted by molar-refractivity contribution is 0.0532. The number of epoxide rings is 1. The Bertz CT molecular complexity index is 1030. The summed E-state index contributed by atoms with van der Waals surface area (Å²) in [5.41, 5.74) is 5.75. The van der Waals surface area contributed by atoms with Gasteiger partial charge in [0.25, 0.3) is 5.91 Å². The van der Waals surface area contributed by atoms with Gasteiger partial charge in [-0.15, -0.1) is 0 Å². The molecular weight excluding hydrogens is 346 g/mol. The maximum atomic E-state index is 11.5. The molecule has 2 aromatic rings. The summed E-state index contributed by atoms with van der Waals surface area (Å²) in [5.74, 6) is 6.80. The van der Waals surface area contributed by atoms with Gasteiger partial charge in [-0.3, -0.25) is 4.79 Å². The number of carbonyl (C=O) groups is 1. The quantitative estimate of drug-likeness (QED) is 0.581. The highest BCUT2D eigenvalue weighted by Crippen LogP contribution is 2.54. The third-order valence-corrected chi connectivity index (χ3v) is 5.58. The molecule has 7 heteroatoms. The lowest BCUT2D eigenvalue weighted by atomic mass is 10.00. The normalized spacial score (nSPS) is 30.1. The van der Waals surface area contributed by atoms with E-state index in [0.717, 1.165) is 17.5 Å². The van der Waals surface area contributed by atoms with E-state index in [4.69, 9.17) is 15.2 Å². The highest BCUT2D eigenvalue weighted by molar-refractivity contribution is 5.91. The highest BCUT2D eigenvalue weighted by Gasteiger charge is 2.67. The van der Waals surface area contributed by atoms with Crippen LogP contribution in [0, 0.1) is 11.8 Å². The lowest BCUT2D eigenvalue weighted by Crippen LogP contribution is -2.30. The first-order valence-electron chi connectivity index (χ1n) is 8.96. The van der Waals surface area contributed by atoms with E-state index in [0.29, 0.717) is 31.1 Å². The number of carbonyl (C=O) groups excluding carboxylic acids is 1. The van der Waals surface area contributed by atoms with Crippen molar-refractivity contribution in [3.63, 3.8) is 0 Å². The third kappa shape index (κ3) is 2.52. The molecule has 5 rings (SSSR count). The Balaban J connectivity index is 1.53. The van der Waals surface area contributed by atoms with E-state index in [2.05, 4.69) is 16.8 Å². The van der Waals surface area contributed by atoms with Gasteiger partial charge >= 0.3 is 0 Å². The number of hydrogen-bond donors (Lipinski definition) is 2. The minimum atomic E-state index is -1.10. The van der Waals surface area contributed by atoms with Crippen molar-refractivity contribution in [1.29, 1.82) is 0 Å². The number of benzene rings is 1. The predicted molar refractivity (Wildman–Crippen MR) is 96.0 cm³/mol. The zero-order chi connectivity index (χ0) is 18.8. The molecule has 1 aromatic heterocycles. The molecule has 1 saturated heterocycles. The van der Waals surface area contributed by atoms with Crippen molar-refractivity contribution in [2.75, 3.05) is 6.61 Å². The van der Waals surface area contributed by atoms with Gasteiger partial charge in [0.15, 0.2) is 5.60 Å². The summed E-state index contributed by atoms with van der Waals surface area (Å²) in [5, 5.41) is 10.7. The van der Waals surface area contributed by atoms with E-state index in [9.17, 15) is 9.90 Å². The average molecular weight is 365 g/mol. The summed E-state index contributed by atoms with van der Waals surface area (Å²) in [6, 6.07) is 5.55. The van der Waals surface area contributed by atoms with Crippen molar-refractivity contribution < 1.29 is 19.4 Å². The number of rotatable bonds is 1. The minimum absolute atomic E-state index is 0.210. The Morgan fingerprint density at radius 3 is 3.00 bits per heavy atom. The van der Waals surface area contributed by atoms with Crippen LogP contribution in [0.5, 0.6) is 5.75 Å². The van der Waals surface area contributed by atoms with Gasteiger partial charge in [-0.1, -0.05) is 11.8 Å². The maximum Gasteiger partial charge on any atom is 0.268 e. The number of amides is 1. The molecule has 1 amide bonds. The molecule has 0 bridgehead atoms. The summed E-state index contributed by atoms with van der Waals surface area (Å²) in [6.07, 6.45) is 2.86. The standard InChI is InChI=1S/C20H19N3O4/c1-19-6-7-20(25,18(19)27-19)5-4-12-2-3-15-13(10-12)17-22-14(16(21)24)11-23(17)8-9-26-15/h2-3,10-11,18,25H,6-9H2,1H3,(H2,21,24). The second kappa shape index (κ2) is 5.35. The number of fused-ring (bicyclic) bond motifs is 4. The molecule has 1 aromatic carbocycles. The average Bonchev–Trinajstić information content (AvgIpc) is 3.11. The highest BCUT2D eigenvalue weighted by atomic mass is 16.6. The summed E-state index contributed by atoms with van der Waals surface area (Å²) in [7, 11) is 0. The fraction of sp³-hybridized carbons (Fsp3) is 0.400. The summed E-state index contributed by atoms with van der Waals surface area (Å²) < 4.78 is 13.2. The van der Waals surface area contributed by atoms with Crippen molar-refractivity contribution in [1.82, 2.24) is 9.55 Å². The molecule has 2 fully saturated rings. The number of nitrogens with zero attached hydrogens (tertiary/aromatic N) is 2. The summed E-state index contributed by atoms with van der Waals surface area (Å²) in [6.45, 7) is 3.05. The van der Waals surface area contributed by atoms with Crippen LogP contribution < -0.4 is 10.5 Å². The molecule has 3 N–H and O–H groups in total. The van der Waals surface area contributed by atoms with E-state index >= 15 is 0 Å². The fourth-order valence-electron chi connectivity index (χ4n) is 3.99. The van der Waals surface area contributed by atoms with E-state index in [1.54, 1.807) is 6.20 Å². The second-order valence-electron chi connectivity index (χ2n) is 7.55. The molecule has 1 saturated carbocycles. The Morgan fingerprint density at radius 1 is 1.44 bits per heavy atom. The number of aromatic nitrogens is 2. The zero-order valence-corrected chi connectivity index (χ0v) is 14.9. The van der Waals surface area contributed by atoms with Gasteiger partial charge in [0.2, 0.25) is 0 Å². The SMILES string of the molecule is CC12CCC(O)(C#Cc3ccc4c(c3)-c3nc(C(N)=O)cn3CCO4)C1O2. The van der Waals surface area contributed by atoms with Gasteiger partial charge in [-0.2, -0.15) is 0 Å². The summed E-state index contributed by atoms with van der Waals surface area (Å²) >= 11 is 0. The van der Waals surface area contributed by atoms with E-state index in [1.807, 2.05) is 29.7 Å². The van der Waals surface area contributed by atoms with Crippen LogP contribution in [0.4, 0.5) is 0 Å².